The Kier molecular flexibility index (Phi) is 5.23. The van der Waals surface area contributed by atoms with Gasteiger partial charge in [-0.1, -0.05) is 13.8 Å². The van der Waals surface area contributed by atoms with E-state index in [1.54, 1.807) is 0 Å². The highest BCUT2D eigenvalue weighted by atomic mass is 19.1. The average Bonchev–Trinajstić information content (AvgIpc) is 2.26. The van der Waals surface area contributed by atoms with Gasteiger partial charge in [0.05, 0.1) is 11.0 Å². The van der Waals surface area contributed by atoms with E-state index in [1.807, 2.05) is 19.0 Å². The van der Waals surface area contributed by atoms with E-state index < -0.39 is 10.7 Å². The molecular weight excluding hydrogens is 249 g/mol. The summed E-state index contributed by atoms with van der Waals surface area (Å²) in [6.07, 6.45) is 0. The Labute approximate surface area is 112 Å². The molecule has 1 N–H and O–H groups in total. The van der Waals surface area contributed by atoms with E-state index in [9.17, 15) is 14.5 Å². The molecule has 0 bridgehead atoms. The van der Waals surface area contributed by atoms with Crippen molar-refractivity contribution in [2.45, 2.75) is 19.9 Å². The third kappa shape index (κ3) is 4.82. The molecule has 0 amide bonds. The molecule has 0 fully saturated rings. The third-order valence-electron chi connectivity index (χ3n) is 2.81. The number of anilines is 1. The predicted octanol–water partition coefficient (Wildman–Crippen LogP) is 2.73. The van der Waals surface area contributed by atoms with Gasteiger partial charge < -0.3 is 10.2 Å². The van der Waals surface area contributed by atoms with Gasteiger partial charge in [-0.25, -0.2) is 4.39 Å². The Morgan fingerprint density at radius 3 is 2.47 bits per heavy atom. The van der Waals surface area contributed by atoms with Crippen LogP contribution in [0.2, 0.25) is 0 Å². The highest BCUT2D eigenvalue weighted by Crippen LogP contribution is 2.22. The van der Waals surface area contributed by atoms with Crippen LogP contribution in [-0.4, -0.2) is 36.5 Å². The molecule has 19 heavy (non-hydrogen) atoms. The molecule has 0 saturated heterocycles. The Hall–Kier alpha value is -1.69. The van der Waals surface area contributed by atoms with Crippen LogP contribution in [0.5, 0.6) is 0 Å². The van der Waals surface area contributed by atoms with E-state index >= 15 is 0 Å². The number of likely N-dealkylation sites (N-methyl/N-ethyl adjacent to an activating group) is 1. The summed E-state index contributed by atoms with van der Waals surface area (Å²) < 4.78 is 13.3. The molecule has 6 heteroatoms. The molecule has 0 aliphatic rings. The smallest absolute Gasteiger partial charge is 0.274 e. The largest absolute Gasteiger partial charge is 0.380 e. The van der Waals surface area contributed by atoms with Crippen LogP contribution in [0.25, 0.3) is 0 Å². The molecule has 1 unspecified atom stereocenters. The molecule has 106 valence electrons. The normalized spacial score (nSPS) is 12.8. The maximum atomic E-state index is 13.3. The second-order valence-corrected chi connectivity index (χ2v) is 5.21. The predicted molar refractivity (Wildman–Crippen MR) is 73.9 cm³/mol. The Morgan fingerprint density at radius 2 is 2.00 bits per heavy atom. The Bertz CT molecular complexity index is 450. The van der Waals surface area contributed by atoms with Crippen molar-refractivity contribution in [2.75, 3.05) is 26.0 Å². The minimum Gasteiger partial charge on any atom is -0.380 e. The molecule has 1 aromatic rings. The lowest BCUT2D eigenvalue weighted by atomic mass is 10.0. The maximum Gasteiger partial charge on any atom is 0.274 e. The fraction of sp³-hybridized carbons (Fsp3) is 0.538. The van der Waals surface area contributed by atoms with Gasteiger partial charge in [0.2, 0.25) is 0 Å². The van der Waals surface area contributed by atoms with E-state index in [1.165, 1.54) is 12.1 Å². The minimum atomic E-state index is -0.607. The van der Waals surface area contributed by atoms with Gasteiger partial charge in [-0.2, -0.15) is 0 Å². The van der Waals surface area contributed by atoms with Gasteiger partial charge in [0.25, 0.3) is 5.69 Å². The summed E-state index contributed by atoms with van der Waals surface area (Å²) in [6, 6.07) is 3.64. The lowest BCUT2D eigenvalue weighted by molar-refractivity contribution is -0.385. The summed E-state index contributed by atoms with van der Waals surface area (Å²) in [4.78, 5) is 12.1. The summed E-state index contributed by atoms with van der Waals surface area (Å²) >= 11 is 0. The van der Waals surface area contributed by atoms with Gasteiger partial charge in [0.1, 0.15) is 5.82 Å². The topological polar surface area (TPSA) is 58.4 Å². The number of nitrogens with zero attached hydrogens (tertiary/aromatic N) is 2. The van der Waals surface area contributed by atoms with E-state index in [-0.39, 0.29) is 11.7 Å². The minimum absolute atomic E-state index is 0.0939. The van der Waals surface area contributed by atoms with Crippen molar-refractivity contribution in [1.29, 1.82) is 0 Å². The summed E-state index contributed by atoms with van der Waals surface area (Å²) in [6.45, 7) is 4.87. The molecular formula is C13H20FN3O2. The number of benzene rings is 1. The highest BCUT2D eigenvalue weighted by molar-refractivity contribution is 5.52. The van der Waals surface area contributed by atoms with E-state index in [2.05, 4.69) is 19.2 Å². The zero-order chi connectivity index (χ0) is 14.6. The first-order valence-electron chi connectivity index (χ1n) is 6.16. The number of hydrogen-bond donors (Lipinski definition) is 1. The standard InChI is InChI=1S/C13H20FN3O2/c1-9(2)13(8-16(3)4)15-11-5-10(14)6-12(7-11)17(18)19/h5-7,9,13,15H,8H2,1-4H3. The number of non-ortho nitro benzene ring substituents is 1. The Morgan fingerprint density at radius 1 is 1.37 bits per heavy atom. The van der Waals surface area contributed by atoms with Gasteiger partial charge in [-0.15, -0.1) is 0 Å². The third-order valence-corrected chi connectivity index (χ3v) is 2.81. The van der Waals surface area contributed by atoms with Gasteiger partial charge >= 0.3 is 0 Å². The molecule has 0 aromatic heterocycles. The summed E-state index contributed by atoms with van der Waals surface area (Å²) in [5.74, 6) is -0.284. The summed E-state index contributed by atoms with van der Waals surface area (Å²) in [7, 11) is 3.90. The second kappa shape index (κ2) is 6.47. The van der Waals surface area contributed by atoms with E-state index in [4.69, 9.17) is 0 Å². The first-order chi connectivity index (χ1) is 8.79. The molecule has 5 nitrogen and oxygen atoms in total. The quantitative estimate of drug-likeness (QED) is 0.637. The second-order valence-electron chi connectivity index (χ2n) is 5.21. The maximum absolute atomic E-state index is 13.3. The van der Waals surface area contributed by atoms with Gasteiger partial charge in [-0.3, -0.25) is 10.1 Å². The number of nitro benzene ring substituents is 1. The summed E-state index contributed by atoms with van der Waals surface area (Å²) in [5, 5.41) is 13.9. The molecule has 1 rings (SSSR count). The summed E-state index contributed by atoms with van der Waals surface area (Å²) in [5.41, 5.74) is 0.196. The number of nitrogens with one attached hydrogen (secondary N) is 1. The highest BCUT2D eigenvalue weighted by Gasteiger charge is 2.16. The molecule has 0 spiro atoms. The van der Waals surface area contributed by atoms with Crippen LogP contribution in [-0.2, 0) is 0 Å². The van der Waals surface area contributed by atoms with Crippen LogP contribution in [0.3, 0.4) is 0 Å². The number of nitro groups is 1. The van der Waals surface area contributed by atoms with Crippen molar-refractivity contribution in [1.82, 2.24) is 4.90 Å². The monoisotopic (exact) mass is 269 g/mol. The number of rotatable bonds is 6. The number of halogens is 1. The van der Waals surface area contributed by atoms with Crippen molar-refractivity contribution < 1.29 is 9.31 Å². The van der Waals surface area contributed by atoms with Crippen molar-refractivity contribution in [3.63, 3.8) is 0 Å². The molecule has 0 heterocycles. The van der Waals surface area contributed by atoms with Gasteiger partial charge in [0, 0.05) is 24.3 Å². The fourth-order valence-electron chi connectivity index (χ4n) is 1.79. The number of hydrogen-bond acceptors (Lipinski definition) is 4. The lowest BCUT2D eigenvalue weighted by Crippen LogP contribution is -2.36. The van der Waals surface area contributed by atoms with Crippen LogP contribution in [0.15, 0.2) is 18.2 Å². The zero-order valence-corrected chi connectivity index (χ0v) is 11.7. The molecule has 1 atom stereocenters. The molecule has 0 radical (unpaired) electrons. The van der Waals surface area contributed by atoms with Crippen LogP contribution in [0, 0.1) is 21.8 Å². The molecule has 0 aliphatic carbocycles. The van der Waals surface area contributed by atoms with Crippen molar-refractivity contribution in [3.8, 4) is 0 Å². The van der Waals surface area contributed by atoms with Crippen molar-refractivity contribution >= 4 is 11.4 Å². The Balaban J connectivity index is 2.92. The molecule has 1 aromatic carbocycles. The average molecular weight is 269 g/mol. The van der Waals surface area contributed by atoms with Crippen LogP contribution >= 0.6 is 0 Å². The van der Waals surface area contributed by atoms with Gasteiger partial charge in [-0.05, 0) is 26.1 Å². The SMILES string of the molecule is CC(C)C(CN(C)C)Nc1cc(F)cc([N+](=O)[O-])c1. The first-order valence-corrected chi connectivity index (χ1v) is 6.16. The van der Waals surface area contributed by atoms with Crippen LogP contribution in [0.4, 0.5) is 15.8 Å². The van der Waals surface area contributed by atoms with Crippen molar-refractivity contribution in [3.05, 3.63) is 34.1 Å². The lowest BCUT2D eigenvalue weighted by Gasteiger charge is -2.26. The van der Waals surface area contributed by atoms with E-state index in [0.29, 0.717) is 11.6 Å². The molecule has 0 aliphatic heterocycles. The van der Waals surface area contributed by atoms with Crippen molar-refractivity contribution in [2.24, 2.45) is 5.92 Å². The zero-order valence-electron chi connectivity index (χ0n) is 11.7. The molecule has 0 saturated carbocycles. The van der Waals surface area contributed by atoms with Crippen LogP contribution < -0.4 is 5.32 Å². The fourth-order valence-corrected chi connectivity index (χ4v) is 1.79. The first kappa shape index (κ1) is 15.4. The van der Waals surface area contributed by atoms with Gasteiger partial charge in [0.15, 0.2) is 0 Å². The van der Waals surface area contributed by atoms with Crippen LogP contribution in [0.1, 0.15) is 13.8 Å². The van der Waals surface area contributed by atoms with E-state index in [0.717, 1.165) is 12.6 Å².